The molecule has 1 atom stereocenters. The molecule has 0 spiro atoms. The van der Waals surface area contributed by atoms with Crippen molar-refractivity contribution >= 4 is 46.8 Å². The van der Waals surface area contributed by atoms with E-state index in [2.05, 4.69) is 5.32 Å². The lowest BCUT2D eigenvalue weighted by molar-refractivity contribution is -0.134. The molecule has 0 aliphatic carbocycles. The molecule has 3 aliphatic rings. The first-order chi connectivity index (χ1) is 11.5. The number of hydrogen-bond acceptors (Lipinski definition) is 4. The van der Waals surface area contributed by atoms with Crippen molar-refractivity contribution < 1.29 is 14.4 Å². The van der Waals surface area contributed by atoms with E-state index in [0.717, 1.165) is 4.90 Å². The van der Waals surface area contributed by atoms with Gasteiger partial charge in [-0.25, -0.2) is 0 Å². The Balaban J connectivity index is 1.70. The van der Waals surface area contributed by atoms with Gasteiger partial charge in [0.1, 0.15) is 0 Å². The largest absolute Gasteiger partial charge is 0.354 e. The maximum atomic E-state index is 13.3. The Bertz CT molecular complexity index is 756. The Morgan fingerprint density at radius 3 is 2.92 bits per heavy atom. The lowest BCUT2D eigenvalue weighted by atomic mass is 10.1. The summed E-state index contributed by atoms with van der Waals surface area (Å²) < 4.78 is 0. The Hall–Kier alpha value is -1.73. The van der Waals surface area contributed by atoms with Gasteiger partial charge < -0.3 is 10.2 Å². The number of anilines is 1. The molecule has 0 aromatic heterocycles. The Morgan fingerprint density at radius 2 is 2.08 bits per heavy atom. The SMILES string of the molecule is O=C1CCN(C(=O)C23CCC(=O)N2c2cc(Cl)ccc2S3)CCN1. The zero-order valence-corrected chi connectivity index (χ0v) is 14.5. The van der Waals surface area contributed by atoms with Crippen LogP contribution in [0.1, 0.15) is 19.3 Å². The van der Waals surface area contributed by atoms with Crippen LogP contribution in [0.4, 0.5) is 5.69 Å². The van der Waals surface area contributed by atoms with E-state index in [0.29, 0.717) is 49.6 Å². The minimum atomic E-state index is -0.933. The standard InChI is InChI=1S/C16H16ClN3O3S/c17-10-1-2-12-11(9-10)20-14(22)3-5-16(20,24-12)15(23)19-7-4-13(21)18-6-8-19/h1-2,9H,3-8H2,(H,18,21). The van der Waals surface area contributed by atoms with E-state index in [1.807, 2.05) is 6.07 Å². The number of fused-ring (bicyclic) bond motifs is 3. The fourth-order valence-corrected chi connectivity index (χ4v) is 5.16. The summed E-state index contributed by atoms with van der Waals surface area (Å²) in [6, 6.07) is 5.37. The molecule has 3 amide bonds. The van der Waals surface area contributed by atoms with Crippen LogP contribution >= 0.6 is 23.4 Å². The van der Waals surface area contributed by atoms with Gasteiger partial charge >= 0.3 is 0 Å². The second-order valence-electron chi connectivity index (χ2n) is 6.12. The number of benzene rings is 1. The highest BCUT2D eigenvalue weighted by molar-refractivity contribution is 8.02. The number of amides is 3. The van der Waals surface area contributed by atoms with Gasteiger partial charge in [0, 0.05) is 42.4 Å². The van der Waals surface area contributed by atoms with Gasteiger partial charge in [0.05, 0.1) is 5.69 Å². The smallest absolute Gasteiger partial charge is 0.259 e. The summed E-state index contributed by atoms with van der Waals surface area (Å²) in [5, 5.41) is 3.32. The van der Waals surface area contributed by atoms with Crippen LogP contribution < -0.4 is 10.2 Å². The average Bonchev–Trinajstić information content (AvgIpc) is 2.96. The van der Waals surface area contributed by atoms with Crippen molar-refractivity contribution in [2.75, 3.05) is 24.5 Å². The summed E-state index contributed by atoms with van der Waals surface area (Å²) in [6.07, 6.45) is 1.11. The molecular formula is C16H16ClN3O3S. The normalized spacial score (nSPS) is 26.0. The molecule has 1 aromatic carbocycles. The summed E-state index contributed by atoms with van der Waals surface area (Å²) in [5.74, 6) is -0.195. The van der Waals surface area contributed by atoms with E-state index in [4.69, 9.17) is 11.6 Å². The maximum Gasteiger partial charge on any atom is 0.259 e. The molecular weight excluding hydrogens is 350 g/mol. The number of nitrogens with one attached hydrogen (secondary N) is 1. The molecule has 3 aliphatic heterocycles. The van der Waals surface area contributed by atoms with Crippen LogP contribution in [0.25, 0.3) is 0 Å². The third-order valence-corrected chi connectivity index (χ3v) is 6.36. The van der Waals surface area contributed by atoms with E-state index < -0.39 is 4.87 Å². The fourth-order valence-electron chi connectivity index (χ4n) is 3.52. The molecule has 4 rings (SSSR count). The molecule has 2 fully saturated rings. The molecule has 3 heterocycles. The van der Waals surface area contributed by atoms with Crippen molar-refractivity contribution in [1.82, 2.24) is 10.2 Å². The number of nitrogens with zero attached hydrogens (tertiary/aromatic N) is 2. The zero-order chi connectivity index (χ0) is 16.9. The highest BCUT2D eigenvalue weighted by Gasteiger charge is 2.58. The molecule has 0 bridgehead atoms. The molecule has 0 saturated carbocycles. The van der Waals surface area contributed by atoms with Gasteiger partial charge in [-0.1, -0.05) is 23.4 Å². The second kappa shape index (κ2) is 5.67. The van der Waals surface area contributed by atoms with Gasteiger partial charge in [0.2, 0.25) is 11.8 Å². The van der Waals surface area contributed by atoms with Crippen LogP contribution in [-0.4, -0.2) is 47.1 Å². The maximum absolute atomic E-state index is 13.3. The lowest BCUT2D eigenvalue weighted by Gasteiger charge is -2.34. The Kier molecular flexibility index (Phi) is 3.73. The summed E-state index contributed by atoms with van der Waals surface area (Å²) in [7, 11) is 0. The topological polar surface area (TPSA) is 69.7 Å². The molecule has 1 unspecified atom stereocenters. The minimum absolute atomic E-state index is 0.0451. The van der Waals surface area contributed by atoms with Gasteiger partial charge in [-0.3, -0.25) is 19.3 Å². The quantitative estimate of drug-likeness (QED) is 0.821. The third-order valence-electron chi connectivity index (χ3n) is 4.66. The molecule has 6 nitrogen and oxygen atoms in total. The van der Waals surface area contributed by atoms with Gasteiger partial charge in [-0.05, 0) is 24.6 Å². The fraction of sp³-hybridized carbons (Fsp3) is 0.438. The second-order valence-corrected chi connectivity index (χ2v) is 7.88. The average molecular weight is 366 g/mol. The van der Waals surface area contributed by atoms with Crippen molar-refractivity contribution in [3.63, 3.8) is 0 Å². The molecule has 126 valence electrons. The lowest BCUT2D eigenvalue weighted by Crippen LogP contribution is -2.54. The number of carbonyl (C=O) groups excluding carboxylic acids is 3. The van der Waals surface area contributed by atoms with Gasteiger partial charge in [0.15, 0.2) is 4.87 Å². The van der Waals surface area contributed by atoms with E-state index in [1.165, 1.54) is 11.8 Å². The van der Waals surface area contributed by atoms with Gasteiger partial charge in [-0.15, -0.1) is 0 Å². The predicted molar refractivity (Wildman–Crippen MR) is 91.0 cm³/mol. The molecule has 8 heteroatoms. The summed E-state index contributed by atoms with van der Waals surface area (Å²) in [5.41, 5.74) is 0.715. The van der Waals surface area contributed by atoms with Gasteiger partial charge in [0.25, 0.3) is 5.91 Å². The van der Waals surface area contributed by atoms with Crippen LogP contribution in [0.15, 0.2) is 23.1 Å². The highest BCUT2D eigenvalue weighted by atomic mass is 35.5. The van der Waals surface area contributed by atoms with Gasteiger partial charge in [-0.2, -0.15) is 0 Å². The number of thioether (sulfide) groups is 1. The van der Waals surface area contributed by atoms with Crippen molar-refractivity contribution in [3.05, 3.63) is 23.2 Å². The van der Waals surface area contributed by atoms with Crippen molar-refractivity contribution in [2.24, 2.45) is 0 Å². The van der Waals surface area contributed by atoms with E-state index in [1.54, 1.807) is 21.9 Å². The first kappa shape index (κ1) is 15.8. The Labute approximate surface area is 148 Å². The van der Waals surface area contributed by atoms with E-state index in [9.17, 15) is 14.4 Å². The Morgan fingerprint density at radius 1 is 1.25 bits per heavy atom. The zero-order valence-electron chi connectivity index (χ0n) is 12.9. The first-order valence-electron chi connectivity index (χ1n) is 7.89. The van der Waals surface area contributed by atoms with Crippen LogP contribution in [0.3, 0.4) is 0 Å². The molecule has 24 heavy (non-hydrogen) atoms. The summed E-state index contributed by atoms with van der Waals surface area (Å²) >= 11 is 7.51. The third kappa shape index (κ3) is 2.29. The van der Waals surface area contributed by atoms with Crippen LogP contribution in [0.2, 0.25) is 5.02 Å². The van der Waals surface area contributed by atoms with E-state index >= 15 is 0 Å². The number of halogens is 1. The summed E-state index contributed by atoms with van der Waals surface area (Å²) in [4.78, 5) is 40.6. The van der Waals surface area contributed by atoms with Crippen molar-refractivity contribution in [3.8, 4) is 0 Å². The van der Waals surface area contributed by atoms with Crippen molar-refractivity contribution in [1.29, 1.82) is 0 Å². The van der Waals surface area contributed by atoms with Crippen LogP contribution in [0, 0.1) is 0 Å². The molecule has 1 aromatic rings. The summed E-state index contributed by atoms with van der Waals surface area (Å²) in [6.45, 7) is 1.29. The monoisotopic (exact) mass is 365 g/mol. The van der Waals surface area contributed by atoms with Crippen LogP contribution in [-0.2, 0) is 14.4 Å². The molecule has 0 radical (unpaired) electrons. The minimum Gasteiger partial charge on any atom is -0.354 e. The first-order valence-corrected chi connectivity index (χ1v) is 9.08. The number of hydrogen-bond donors (Lipinski definition) is 1. The number of carbonyl (C=O) groups is 3. The van der Waals surface area contributed by atoms with Crippen LogP contribution in [0.5, 0.6) is 0 Å². The molecule has 1 N–H and O–H groups in total. The predicted octanol–water partition coefficient (Wildman–Crippen LogP) is 1.62. The van der Waals surface area contributed by atoms with E-state index in [-0.39, 0.29) is 17.7 Å². The molecule has 2 saturated heterocycles. The highest BCUT2D eigenvalue weighted by Crippen LogP contribution is 2.56. The number of rotatable bonds is 1. The van der Waals surface area contributed by atoms with Crippen molar-refractivity contribution in [2.45, 2.75) is 29.0 Å².